The summed E-state index contributed by atoms with van der Waals surface area (Å²) in [7, 11) is 0. The van der Waals surface area contributed by atoms with Gasteiger partial charge in [-0.1, -0.05) is 20.3 Å². The summed E-state index contributed by atoms with van der Waals surface area (Å²) >= 11 is 0. The lowest BCUT2D eigenvalue weighted by Gasteiger charge is -2.38. The molecule has 0 radical (unpaired) electrons. The van der Waals surface area contributed by atoms with Gasteiger partial charge in [-0.3, -0.25) is 9.88 Å². The summed E-state index contributed by atoms with van der Waals surface area (Å²) in [6.45, 7) is 9.15. The maximum Gasteiger partial charge on any atom is 0.0375 e. The summed E-state index contributed by atoms with van der Waals surface area (Å²) in [5.74, 6) is 0.690. The van der Waals surface area contributed by atoms with E-state index in [2.05, 4.69) is 41.2 Å². The van der Waals surface area contributed by atoms with Crippen LogP contribution in [0, 0.1) is 5.92 Å². The molecule has 2 atom stereocenters. The molecule has 110 valence electrons. The van der Waals surface area contributed by atoms with Gasteiger partial charge in [-0.25, -0.2) is 0 Å². The van der Waals surface area contributed by atoms with E-state index in [9.17, 15) is 0 Å². The van der Waals surface area contributed by atoms with Crippen molar-refractivity contribution in [1.29, 1.82) is 0 Å². The smallest absolute Gasteiger partial charge is 0.0375 e. The normalized spacial score (nSPS) is 18.8. The minimum Gasteiger partial charge on any atom is -0.314 e. The Morgan fingerprint density at radius 3 is 2.32 bits per heavy atom. The first-order valence-corrected chi connectivity index (χ1v) is 6.67. The van der Waals surface area contributed by atoms with Crippen LogP contribution >= 0.6 is 24.8 Å². The number of pyridine rings is 1. The largest absolute Gasteiger partial charge is 0.314 e. The number of hydrogen-bond donors (Lipinski definition) is 1. The molecule has 1 N–H and O–H groups in total. The molecule has 5 heteroatoms. The maximum atomic E-state index is 4.13. The third-order valence-electron chi connectivity index (χ3n) is 3.78. The first kappa shape index (κ1) is 18.7. The minimum absolute atomic E-state index is 0. The fourth-order valence-corrected chi connectivity index (χ4v) is 2.64. The van der Waals surface area contributed by atoms with Crippen LogP contribution in [0.4, 0.5) is 0 Å². The molecule has 0 aliphatic carbocycles. The van der Waals surface area contributed by atoms with Crippen LogP contribution in [0.15, 0.2) is 24.5 Å². The quantitative estimate of drug-likeness (QED) is 0.927. The fourth-order valence-electron chi connectivity index (χ4n) is 2.64. The molecule has 0 spiro atoms. The molecule has 3 nitrogen and oxygen atoms in total. The molecule has 1 aromatic rings. The lowest BCUT2D eigenvalue weighted by Crippen LogP contribution is -2.46. The van der Waals surface area contributed by atoms with Gasteiger partial charge in [0.1, 0.15) is 0 Å². The summed E-state index contributed by atoms with van der Waals surface area (Å²) < 4.78 is 0. The van der Waals surface area contributed by atoms with E-state index in [0.717, 1.165) is 26.2 Å². The van der Waals surface area contributed by atoms with Crippen molar-refractivity contribution in [3.8, 4) is 0 Å². The molecule has 19 heavy (non-hydrogen) atoms. The van der Waals surface area contributed by atoms with Gasteiger partial charge in [-0.15, -0.1) is 24.8 Å². The molecule has 0 saturated carbocycles. The van der Waals surface area contributed by atoms with Gasteiger partial charge in [-0.05, 0) is 23.6 Å². The van der Waals surface area contributed by atoms with E-state index in [1.165, 1.54) is 12.0 Å². The van der Waals surface area contributed by atoms with Crippen LogP contribution < -0.4 is 5.32 Å². The Hall–Kier alpha value is -0.350. The number of hydrogen-bond acceptors (Lipinski definition) is 3. The maximum absolute atomic E-state index is 4.13. The number of halogens is 2. The zero-order chi connectivity index (χ0) is 12.1. The highest BCUT2D eigenvalue weighted by atomic mass is 35.5. The van der Waals surface area contributed by atoms with Crippen LogP contribution in [0.2, 0.25) is 0 Å². The van der Waals surface area contributed by atoms with Gasteiger partial charge in [-0.2, -0.15) is 0 Å². The molecule has 1 saturated heterocycles. The SMILES string of the molecule is CCC(C)[C@@H](c1ccncc1)N1CCNCC1.Cl.Cl. The standard InChI is InChI=1S/C14H23N3.2ClH/c1-3-12(2)14(13-4-6-15-7-5-13)17-10-8-16-9-11-17;;/h4-7,12,14,16H,3,8-11H2,1-2H3;2*1H/t12?,14-;;/m0../s1. The molecular weight excluding hydrogens is 281 g/mol. The predicted octanol–water partition coefficient (Wildman–Crippen LogP) is 2.92. The van der Waals surface area contributed by atoms with Crippen LogP contribution in [0.5, 0.6) is 0 Å². The van der Waals surface area contributed by atoms with Gasteiger partial charge in [0.25, 0.3) is 0 Å². The van der Waals surface area contributed by atoms with Crippen LogP contribution in [0.3, 0.4) is 0 Å². The van der Waals surface area contributed by atoms with Gasteiger partial charge >= 0.3 is 0 Å². The van der Waals surface area contributed by atoms with Crippen LogP contribution in [-0.2, 0) is 0 Å². The van der Waals surface area contributed by atoms with E-state index in [1.54, 1.807) is 0 Å². The highest BCUT2D eigenvalue weighted by Gasteiger charge is 2.25. The Bertz CT molecular complexity index is 329. The van der Waals surface area contributed by atoms with E-state index in [-0.39, 0.29) is 24.8 Å². The number of aromatic nitrogens is 1. The van der Waals surface area contributed by atoms with Gasteiger partial charge < -0.3 is 5.32 Å². The Morgan fingerprint density at radius 2 is 1.79 bits per heavy atom. The Morgan fingerprint density at radius 1 is 1.21 bits per heavy atom. The molecule has 1 aliphatic rings. The van der Waals surface area contributed by atoms with Crippen molar-refractivity contribution in [3.63, 3.8) is 0 Å². The number of rotatable bonds is 4. The number of piperazine rings is 1. The third-order valence-corrected chi connectivity index (χ3v) is 3.78. The van der Waals surface area contributed by atoms with Crippen molar-refractivity contribution in [2.75, 3.05) is 26.2 Å². The third kappa shape index (κ3) is 4.92. The topological polar surface area (TPSA) is 28.2 Å². The van der Waals surface area contributed by atoms with Crippen LogP contribution in [-0.4, -0.2) is 36.1 Å². The molecule has 2 heterocycles. The Balaban J connectivity index is 0.00000162. The second kappa shape index (κ2) is 9.54. The van der Waals surface area contributed by atoms with E-state index in [1.807, 2.05) is 12.4 Å². The molecule has 0 bridgehead atoms. The highest BCUT2D eigenvalue weighted by Crippen LogP contribution is 2.30. The second-order valence-corrected chi connectivity index (χ2v) is 4.90. The van der Waals surface area contributed by atoms with Crippen LogP contribution in [0.25, 0.3) is 0 Å². The monoisotopic (exact) mass is 305 g/mol. The molecule has 0 amide bonds. The van der Waals surface area contributed by atoms with Crippen molar-refractivity contribution in [2.24, 2.45) is 5.92 Å². The molecule has 1 unspecified atom stereocenters. The second-order valence-electron chi connectivity index (χ2n) is 4.90. The van der Waals surface area contributed by atoms with Gasteiger partial charge in [0.15, 0.2) is 0 Å². The Kier molecular flexibility index (Phi) is 9.36. The summed E-state index contributed by atoms with van der Waals surface area (Å²) in [6, 6.07) is 4.88. The molecule has 2 rings (SSSR count). The minimum atomic E-state index is 0. The Labute approximate surface area is 129 Å². The van der Waals surface area contributed by atoms with Crippen molar-refractivity contribution in [1.82, 2.24) is 15.2 Å². The zero-order valence-corrected chi connectivity index (χ0v) is 13.3. The van der Waals surface area contributed by atoms with E-state index in [0.29, 0.717) is 12.0 Å². The fraction of sp³-hybridized carbons (Fsp3) is 0.643. The molecule has 1 aliphatic heterocycles. The lowest BCUT2D eigenvalue weighted by atomic mass is 9.91. The van der Waals surface area contributed by atoms with Crippen molar-refractivity contribution >= 4 is 24.8 Å². The van der Waals surface area contributed by atoms with Gasteiger partial charge in [0.2, 0.25) is 0 Å². The molecule has 1 fully saturated rings. The molecule has 0 aromatic carbocycles. The van der Waals surface area contributed by atoms with Gasteiger partial charge in [0, 0.05) is 44.6 Å². The molecular formula is C14H25Cl2N3. The first-order valence-electron chi connectivity index (χ1n) is 6.67. The summed E-state index contributed by atoms with van der Waals surface area (Å²) in [4.78, 5) is 6.74. The average molecular weight is 306 g/mol. The molecule has 1 aromatic heterocycles. The highest BCUT2D eigenvalue weighted by molar-refractivity contribution is 5.85. The van der Waals surface area contributed by atoms with Crippen molar-refractivity contribution in [3.05, 3.63) is 30.1 Å². The summed E-state index contributed by atoms with van der Waals surface area (Å²) in [5, 5.41) is 3.42. The average Bonchev–Trinajstić information content (AvgIpc) is 2.41. The van der Waals surface area contributed by atoms with Crippen LogP contribution in [0.1, 0.15) is 31.9 Å². The van der Waals surface area contributed by atoms with E-state index < -0.39 is 0 Å². The van der Waals surface area contributed by atoms with E-state index >= 15 is 0 Å². The number of nitrogens with one attached hydrogen (secondary N) is 1. The van der Waals surface area contributed by atoms with E-state index in [4.69, 9.17) is 0 Å². The lowest BCUT2D eigenvalue weighted by molar-refractivity contribution is 0.128. The number of nitrogens with zero attached hydrogens (tertiary/aromatic N) is 2. The predicted molar refractivity (Wildman–Crippen MR) is 85.4 cm³/mol. The first-order chi connectivity index (χ1) is 8.33. The van der Waals surface area contributed by atoms with Gasteiger partial charge in [0.05, 0.1) is 0 Å². The van der Waals surface area contributed by atoms with Crippen molar-refractivity contribution in [2.45, 2.75) is 26.3 Å². The zero-order valence-electron chi connectivity index (χ0n) is 11.7. The summed E-state index contributed by atoms with van der Waals surface area (Å²) in [5.41, 5.74) is 1.41. The van der Waals surface area contributed by atoms with Crippen molar-refractivity contribution < 1.29 is 0 Å². The summed E-state index contributed by atoms with van der Waals surface area (Å²) in [6.07, 6.45) is 5.04.